The topological polar surface area (TPSA) is 15.3 Å². The largest absolute Gasteiger partial charge is 0.313 e. The molecule has 17 heavy (non-hydrogen) atoms. The predicted octanol–water partition coefficient (Wildman–Crippen LogP) is 2.05. The van der Waals surface area contributed by atoms with Crippen LogP contribution in [0.5, 0.6) is 0 Å². The normalized spacial score (nSPS) is 20.9. The summed E-state index contributed by atoms with van der Waals surface area (Å²) in [7, 11) is 0. The van der Waals surface area contributed by atoms with Crippen molar-refractivity contribution in [3.8, 4) is 0 Å². The lowest BCUT2D eigenvalue weighted by Crippen LogP contribution is -2.32. The zero-order chi connectivity index (χ0) is 12.1. The first kappa shape index (κ1) is 12.5. The Kier molecular flexibility index (Phi) is 4.51. The number of benzene rings is 1. The van der Waals surface area contributed by atoms with E-state index in [4.69, 9.17) is 0 Å². The van der Waals surface area contributed by atoms with Crippen LogP contribution in [0, 0.1) is 5.82 Å². The zero-order valence-electron chi connectivity index (χ0n) is 10.5. The summed E-state index contributed by atoms with van der Waals surface area (Å²) in [6.07, 6.45) is 2.17. The fourth-order valence-corrected chi connectivity index (χ4v) is 2.47. The second-order valence-electron chi connectivity index (χ2n) is 4.72. The van der Waals surface area contributed by atoms with Crippen LogP contribution in [0.25, 0.3) is 0 Å². The van der Waals surface area contributed by atoms with Crippen LogP contribution < -0.4 is 5.32 Å². The molecular weight excluding hydrogens is 215 g/mol. The Bertz CT molecular complexity index is 354. The lowest BCUT2D eigenvalue weighted by atomic mass is 10.1. The van der Waals surface area contributed by atoms with Crippen molar-refractivity contribution < 1.29 is 4.39 Å². The standard InChI is InChI=1S/C14H21FN2/c1-2-16-14-7-9-17(11-14)8-6-12-4-3-5-13(15)10-12/h3-5,10,14,16H,2,6-9,11H2,1H3. The molecule has 2 nitrogen and oxygen atoms in total. The predicted molar refractivity (Wildman–Crippen MR) is 68.6 cm³/mol. The van der Waals surface area contributed by atoms with Crippen LogP contribution in [0.2, 0.25) is 0 Å². The van der Waals surface area contributed by atoms with E-state index in [1.807, 2.05) is 6.07 Å². The van der Waals surface area contributed by atoms with Gasteiger partial charge in [0.15, 0.2) is 0 Å². The van der Waals surface area contributed by atoms with Gasteiger partial charge in [0.1, 0.15) is 5.82 Å². The van der Waals surface area contributed by atoms with E-state index in [1.165, 1.54) is 12.5 Å². The van der Waals surface area contributed by atoms with E-state index < -0.39 is 0 Å². The first-order valence-corrected chi connectivity index (χ1v) is 6.48. The molecule has 0 radical (unpaired) electrons. The van der Waals surface area contributed by atoms with Crippen molar-refractivity contribution in [2.45, 2.75) is 25.8 Å². The minimum absolute atomic E-state index is 0.130. The molecular formula is C14H21FN2. The maximum atomic E-state index is 13.0. The molecule has 0 aromatic heterocycles. The summed E-state index contributed by atoms with van der Waals surface area (Å²) in [5.74, 6) is -0.130. The number of rotatable bonds is 5. The van der Waals surface area contributed by atoms with Gasteiger partial charge in [0.25, 0.3) is 0 Å². The fourth-order valence-electron chi connectivity index (χ4n) is 2.47. The molecule has 0 saturated carbocycles. The molecule has 0 amide bonds. The highest BCUT2D eigenvalue weighted by molar-refractivity contribution is 5.16. The Labute approximate surface area is 103 Å². The number of nitrogens with one attached hydrogen (secondary N) is 1. The van der Waals surface area contributed by atoms with Crippen molar-refractivity contribution in [1.29, 1.82) is 0 Å². The molecule has 1 heterocycles. The minimum Gasteiger partial charge on any atom is -0.313 e. The first-order chi connectivity index (χ1) is 8.28. The summed E-state index contributed by atoms with van der Waals surface area (Å²) in [5, 5.41) is 3.48. The van der Waals surface area contributed by atoms with Crippen molar-refractivity contribution in [2.75, 3.05) is 26.2 Å². The quantitative estimate of drug-likeness (QED) is 0.841. The third-order valence-electron chi connectivity index (χ3n) is 3.37. The van der Waals surface area contributed by atoms with Gasteiger partial charge in [-0.05, 0) is 43.6 Å². The Hall–Kier alpha value is -0.930. The highest BCUT2D eigenvalue weighted by atomic mass is 19.1. The Morgan fingerprint density at radius 1 is 1.47 bits per heavy atom. The van der Waals surface area contributed by atoms with Gasteiger partial charge < -0.3 is 10.2 Å². The van der Waals surface area contributed by atoms with E-state index in [1.54, 1.807) is 12.1 Å². The number of halogens is 1. The van der Waals surface area contributed by atoms with Crippen LogP contribution >= 0.6 is 0 Å². The maximum absolute atomic E-state index is 13.0. The van der Waals surface area contributed by atoms with E-state index in [0.29, 0.717) is 6.04 Å². The summed E-state index contributed by atoms with van der Waals surface area (Å²) in [5.41, 5.74) is 1.09. The van der Waals surface area contributed by atoms with Crippen LogP contribution in [-0.2, 0) is 6.42 Å². The molecule has 1 aromatic rings. The summed E-state index contributed by atoms with van der Waals surface area (Å²) in [6.45, 7) is 6.51. The minimum atomic E-state index is -0.130. The Morgan fingerprint density at radius 3 is 3.12 bits per heavy atom. The molecule has 1 unspecified atom stereocenters. The zero-order valence-corrected chi connectivity index (χ0v) is 10.5. The van der Waals surface area contributed by atoms with Crippen LogP contribution in [-0.4, -0.2) is 37.1 Å². The maximum Gasteiger partial charge on any atom is 0.123 e. The third kappa shape index (κ3) is 3.79. The van der Waals surface area contributed by atoms with Crippen molar-refractivity contribution in [1.82, 2.24) is 10.2 Å². The van der Waals surface area contributed by atoms with Gasteiger partial charge in [-0.25, -0.2) is 4.39 Å². The second-order valence-corrected chi connectivity index (χ2v) is 4.72. The highest BCUT2D eigenvalue weighted by Gasteiger charge is 2.20. The molecule has 1 aromatic carbocycles. The molecule has 2 rings (SSSR count). The van der Waals surface area contributed by atoms with E-state index in [0.717, 1.165) is 38.2 Å². The van der Waals surface area contributed by atoms with Gasteiger partial charge in [0.2, 0.25) is 0 Å². The summed E-state index contributed by atoms with van der Waals surface area (Å²) in [6, 6.07) is 7.57. The Morgan fingerprint density at radius 2 is 2.35 bits per heavy atom. The number of nitrogens with zero attached hydrogens (tertiary/aromatic N) is 1. The van der Waals surface area contributed by atoms with Crippen LogP contribution in [0.1, 0.15) is 18.9 Å². The van der Waals surface area contributed by atoms with Crippen LogP contribution in [0.4, 0.5) is 4.39 Å². The van der Waals surface area contributed by atoms with Gasteiger partial charge in [-0.3, -0.25) is 0 Å². The third-order valence-corrected chi connectivity index (χ3v) is 3.37. The molecule has 1 atom stereocenters. The van der Waals surface area contributed by atoms with E-state index in [-0.39, 0.29) is 5.82 Å². The van der Waals surface area contributed by atoms with E-state index in [9.17, 15) is 4.39 Å². The average Bonchev–Trinajstić information content (AvgIpc) is 2.75. The molecule has 0 bridgehead atoms. The van der Waals surface area contributed by atoms with Crippen LogP contribution in [0.3, 0.4) is 0 Å². The molecule has 0 aliphatic carbocycles. The van der Waals surface area contributed by atoms with Crippen molar-refractivity contribution in [3.63, 3.8) is 0 Å². The van der Waals surface area contributed by atoms with Crippen molar-refractivity contribution in [3.05, 3.63) is 35.6 Å². The smallest absolute Gasteiger partial charge is 0.123 e. The van der Waals surface area contributed by atoms with Crippen molar-refractivity contribution in [2.24, 2.45) is 0 Å². The van der Waals surface area contributed by atoms with Gasteiger partial charge in [-0.2, -0.15) is 0 Å². The lowest BCUT2D eigenvalue weighted by molar-refractivity contribution is 0.332. The lowest BCUT2D eigenvalue weighted by Gasteiger charge is -2.16. The average molecular weight is 236 g/mol. The molecule has 3 heteroatoms. The second kappa shape index (κ2) is 6.12. The number of hydrogen-bond donors (Lipinski definition) is 1. The molecule has 1 fully saturated rings. The van der Waals surface area contributed by atoms with E-state index in [2.05, 4.69) is 17.1 Å². The summed E-state index contributed by atoms with van der Waals surface area (Å²) < 4.78 is 13.0. The van der Waals surface area contributed by atoms with Gasteiger partial charge >= 0.3 is 0 Å². The molecule has 94 valence electrons. The van der Waals surface area contributed by atoms with Gasteiger partial charge in [-0.15, -0.1) is 0 Å². The van der Waals surface area contributed by atoms with Gasteiger partial charge in [-0.1, -0.05) is 19.1 Å². The first-order valence-electron chi connectivity index (χ1n) is 6.48. The molecule has 1 N–H and O–H groups in total. The highest BCUT2D eigenvalue weighted by Crippen LogP contribution is 2.11. The SMILES string of the molecule is CCNC1CCN(CCc2cccc(F)c2)C1. The van der Waals surface area contributed by atoms with Crippen LogP contribution in [0.15, 0.2) is 24.3 Å². The number of hydrogen-bond acceptors (Lipinski definition) is 2. The Balaban J connectivity index is 1.76. The molecule has 1 saturated heterocycles. The van der Waals surface area contributed by atoms with Gasteiger partial charge in [0.05, 0.1) is 0 Å². The van der Waals surface area contributed by atoms with Crippen molar-refractivity contribution >= 4 is 0 Å². The van der Waals surface area contributed by atoms with Gasteiger partial charge in [0, 0.05) is 19.1 Å². The fraction of sp³-hybridized carbons (Fsp3) is 0.571. The molecule has 0 spiro atoms. The summed E-state index contributed by atoms with van der Waals surface area (Å²) in [4.78, 5) is 2.46. The summed E-state index contributed by atoms with van der Waals surface area (Å²) >= 11 is 0. The van der Waals surface area contributed by atoms with E-state index >= 15 is 0 Å². The molecule has 1 aliphatic rings. The number of likely N-dealkylation sites (N-methyl/N-ethyl adjacent to an activating group) is 1. The number of likely N-dealkylation sites (tertiary alicyclic amines) is 1. The molecule has 1 aliphatic heterocycles. The monoisotopic (exact) mass is 236 g/mol.